The first-order chi connectivity index (χ1) is 11.0. The number of carboxylic acid groups (broad SMARTS) is 1. The summed E-state index contributed by atoms with van der Waals surface area (Å²) in [6.45, 7) is 0. The van der Waals surface area contributed by atoms with Gasteiger partial charge in [0.05, 0.1) is 10.2 Å². The maximum absolute atomic E-state index is 12.5. The smallest absolute Gasteiger partial charge is 0.326 e. The fourth-order valence-electron chi connectivity index (χ4n) is 2.08. The van der Waals surface area contributed by atoms with E-state index in [1.807, 2.05) is 0 Å². The van der Waals surface area contributed by atoms with Crippen molar-refractivity contribution in [1.29, 1.82) is 0 Å². The number of aromatic nitrogens is 1. The van der Waals surface area contributed by atoms with Crippen molar-refractivity contribution in [2.45, 2.75) is 10.4 Å². The van der Waals surface area contributed by atoms with Gasteiger partial charge in [0.2, 0.25) is 4.34 Å². The average Bonchev–Trinajstić information content (AvgIpc) is 2.98. The largest absolute Gasteiger partial charge is 0.480 e. The number of hydrogen-bond acceptors (Lipinski definition) is 5. The third kappa shape index (κ3) is 3.24. The molecule has 1 atom stereocenters. The normalized spacial score (nSPS) is 13.0. The summed E-state index contributed by atoms with van der Waals surface area (Å²) >= 11 is 0.999. The van der Waals surface area contributed by atoms with E-state index in [2.05, 4.69) is 9.71 Å². The Morgan fingerprint density at radius 2 is 1.74 bits per heavy atom. The van der Waals surface area contributed by atoms with Crippen LogP contribution in [0.15, 0.2) is 58.9 Å². The van der Waals surface area contributed by atoms with Gasteiger partial charge in [-0.05, 0) is 17.7 Å². The maximum atomic E-state index is 12.5. The topological polar surface area (TPSA) is 96.4 Å². The molecule has 0 radical (unpaired) electrons. The van der Waals surface area contributed by atoms with Crippen LogP contribution in [0.2, 0.25) is 0 Å². The summed E-state index contributed by atoms with van der Waals surface area (Å²) in [6.07, 6.45) is 0. The molecule has 0 spiro atoms. The second-order valence-corrected chi connectivity index (χ2v) is 7.67. The number of nitrogens with one attached hydrogen (secondary N) is 1. The molecule has 6 nitrogen and oxygen atoms in total. The minimum atomic E-state index is -4.04. The number of aliphatic carboxylic acids is 1. The summed E-state index contributed by atoms with van der Waals surface area (Å²) in [4.78, 5) is 15.5. The van der Waals surface area contributed by atoms with Crippen molar-refractivity contribution in [3.8, 4) is 0 Å². The summed E-state index contributed by atoms with van der Waals surface area (Å²) in [5, 5.41) is 9.33. The van der Waals surface area contributed by atoms with Gasteiger partial charge in [0.15, 0.2) is 0 Å². The number of fused-ring (bicyclic) bond motifs is 1. The zero-order chi connectivity index (χ0) is 16.4. The molecule has 0 bridgehead atoms. The monoisotopic (exact) mass is 348 g/mol. The van der Waals surface area contributed by atoms with E-state index >= 15 is 0 Å². The SMILES string of the molecule is O=C(O)[C@H](NS(=O)(=O)c1nc2ccccc2s1)c1ccccc1. The van der Waals surface area contributed by atoms with E-state index < -0.39 is 22.0 Å². The molecule has 1 aromatic heterocycles. The molecule has 2 aromatic carbocycles. The van der Waals surface area contributed by atoms with E-state index in [0.29, 0.717) is 11.1 Å². The molecular formula is C15H12N2O4S2. The molecule has 1 heterocycles. The number of hydrogen-bond donors (Lipinski definition) is 2. The van der Waals surface area contributed by atoms with E-state index in [1.54, 1.807) is 54.6 Å². The van der Waals surface area contributed by atoms with Crippen LogP contribution in [0, 0.1) is 0 Å². The summed E-state index contributed by atoms with van der Waals surface area (Å²) in [5.41, 5.74) is 0.911. The highest BCUT2D eigenvalue weighted by Crippen LogP contribution is 2.26. The van der Waals surface area contributed by atoms with Crippen LogP contribution < -0.4 is 4.72 Å². The number of rotatable bonds is 5. The lowest BCUT2D eigenvalue weighted by Crippen LogP contribution is -2.33. The zero-order valence-corrected chi connectivity index (χ0v) is 13.3. The predicted octanol–water partition coefficient (Wildman–Crippen LogP) is 2.40. The Kier molecular flexibility index (Phi) is 4.12. The first-order valence-corrected chi connectivity index (χ1v) is 8.93. The fraction of sp³-hybridized carbons (Fsp3) is 0.0667. The van der Waals surface area contributed by atoms with Gasteiger partial charge in [-0.1, -0.05) is 42.5 Å². The number of carboxylic acids is 1. The van der Waals surface area contributed by atoms with E-state index in [9.17, 15) is 18.3 Å². The van der Waals surface area contributed by atoms with Crippen LogP contribution in [-0.4, -0.2) is 24.5 Å². The lowest BCUT2D eigenvalue weighted by molar-refractivity contribution is -0.139. The Morgan fingerprint density at radius 1 is 1.09 bits per heavy atom. The van der Waals surface area contributed by atoms with Crippen LogP contribution in [0.1, 0.15) is 11.6 Å². The first-order valence-electron chi connectivity index (χ1n) is 6.63. The fourth-order valence-corrected chi connectivity index (χ4v) is 4.49. The Balaban J connectivity index is 1.97. The van der Waals surface area contributed by atoms with Gasteiger partial charge in [-0.3, -0.25) is 4.79 Å². The molecule has 2 N–H and O–H groups in total. The van der Waals surface area contributed by atoms with Crippen molar-refractivity contribution in [1.82, 2.24) is 9.71 Å². The summed E-state index contributed by atoms with van der Waals surface area (Å²) in [7, 11) is -4.04. The molecule has 0 amide bonds. The number of benzene rings is 2. The molecule has 23 heavy (non-hydrogen) atoms. The lowest BCUT2D eigenvalue weighted by atomic mass is 10.1. The van der Waals surface area contributed by atoms with Crippen LogP contribution >= 0.6 is 11.3 Å². The van der Waals surface area contributed by atoms with Gasteiger partial charge >= 0.3 is 5.97 Å². The zero-order valence-electron chi connectivity index (χ0n) is 11.7. The summed E-state index contributed by atoms with van der Waals surface area (Å²) in [6, 6.07) is 13.8. The Bertz CT molecular complexity index is 919. The minimum Gasteiger partial charge on any atom is -0.480 e. The van der Waals surface area contributed by atoms with Crippen LogP contribution in [0.3, 0.4) is 0 Å². The quantitative estimate of drug-likeness (QED) is 0.738. The maximum Gasteiger partial charge on any atom is 0.326 e. The summed E-state index contributed by atoms with van der Waals surface area (Å²) in [5.74, 6) is -1.28. The molecule has 0 saturated heterocycles. The van der Waals surface area contributed by atoms with Gasteiger partial charge < -0.3 is 5.11 Å². The summed E-state index contributed by atoms with van der Waals surface area (Å²) < 4.78 is 27.7. The van der Waals surface area contributed by atoms with E-state index in [0.717, 1.165) is 16.0 Å². The molecule has 0 fully saturated rings. The standard InChI is InChI=1S/C15H12N2O4S2/c18-14(19)13(10-6-2-1-3-7-10)17-23(20,21)15-16-11-8-4-5-9-12(11)22-15/h1-9,13,17H,(H,18,19)/t13-/m1/s1. The van der Waals surface area contributed by atoms with Crippen molar-refractivity contribution < 1.29 is 18.3 Å². The van der Waals surface area contributed by atoms with Crippen molar-refractivity contribution in [3.05, 3.63) is 60.2 Å². The molecule has 8 heteroatoms. The van der Waals surface area contributed by atoms with Gasteiger partial charge in [0.1, 0.15) is 6.04 Å². The van der Waals surface area contributed by atoms with Gasteiger partial charge in [-0.2, -0.15) is 4.72 Å². The van der Waals surface area contributed by atoms with Gasteiger partial charge in [0, 0.05) is 0 Å². The van der Waals surface area contributed by atoms with Crippen LogP contribution in [-0.2, 0) is 14.8 Å². The lowest BCUT2D eigenvalue weighted by Gasteiger charge is -2.13. The molecule has 3 aromatic rings. The molecule has 118 valence electrons. The first kappa shape index (κ1) is 15.6. The third-order valence-corrected chi connectivity index (χ3v) is 5.99. The molecule has 0 unspecified atom stereocenters. The minimum absolute atomic E-state index is 0.152. The van der Waals surface area contributed by atoms with Crippen LogP contribution in [0.4, 0.5) is 0 Å². The number of carbonyl (C=O) groups is 1. The molecule has 0 aliphatic heterocycles. The van der Waals surface area contributed by atoms with Gasteiger partial charge in [-0.15, -0.1) is 11.3 Å². The second kappa shape index (κ2) is 6.07. The Hall–Kier alpha value is -2.29. The van der Waals surface area contributed by atoms with Gasteiger partial charge in [-0.25, -0.2) is 13.4 Å². The Labute approximate surface area is 136 Å². The number of nitrogens with zero attached hydrogens (tertiary/aromatic N) is 1. The van der Waals surface area contributed by atoms with E-state index in [4.69, 9.17) is 0 Å². The van der Waals surface area contributed by atoms with Gasteiger partial charge in [0.25, 0.3) is 10.0 Å². The number of sulfonamides is 1. The van der Waals surface area contributed by atoms with Crippen LogP contribution in [0.25, 0.3) is 10.2 Å². The van der Waals surface area contributed by atoms with Crippen molar-refractivity contribution >= 4 is 37.5 Å². The molecule has 0 aliphatic rings. The highest BCUT2D eigenvalue weighted by molar-refractivity contribution is 7.91. The van der Waals surface area contributed by atoms with Crippen molar-refractivity contribution in [3.63, 3.8) is 0 Å². The highest BCUT2D eigenvalue weighted by Gasteiger charge is 2.29. The number of thiazole rings is 1. The van der Waals surface area contributed by atoms with Crippen molar-refractivity contribution in [2.24, 2.45) is 0 Å². The molecular weight excluding hydrogens is 336 g/mol. The average molecular weight is 348 g/mol. The van der Waals surface area contributed by atoms with E-state index in [1.165, 1.54) is 0 Å². The van der Waals surface area contributed by atoms with Crippen LogP contribution in [0.5, 0.6) is 0 Å². The molecule has 0 saturated carbocycles. The number of para-hydroxylation sites is 1. The molecule has 0 aliphatic carbocycles. The second-order valence-electron chi connectivity index (χ2n) is 4.75. The predicted molar refractivity (Wildman–Crippen MR) is 86.8 cm³/mol. The molecule has 3 rings (SSSR count). The Morgan fingerprint density at radius 3 is 2.39 bits per heavy atom. The van der Waals surface area contributed by atoms with Crippen molar-refractivity contribution in [2.75, 3.05) is 0 Å². The third-order valence-electron chi connectivity index (χ3n) is 3.16. The van der Waals surface area contributed by atoms with E-state index in [-0.39, 0.29) is 4.34 Å². The highest BCUT2D eigenvalue weighted by atomic mass is 32.2.